The zero-order valence-electron chi connectivity index (χ0n) is 10.0. The Morgan fingerprint density at radius 1 is 1.44 bits per heavy atom. The Morgan fingerprint density at radius 2 is 2.17 bits per heavy atom. The zero-order chi connectivity index (χ0) is 13.3. The van der Waals surface area contributed by atoms with Crippen molar-refractivity contribution in [2.24, 2.45) is 0 Å². The lowest BCUT2D eigenvalue weighted by Crippen LogP contribution is -2.18. The molecule has 0 N–H and O–H groups in total. The Hall–Kier alpha value is -1.19. The molecule has 0 fully saturated rings. The molecular weight excluding hydrogens is 275 g/mol. The number of carbonyl (C=O) groups is 1. The third-order valence-electron chi connectivity index (χ3n) is 2.65. The van der Waals surface area contributed by atoms with E-state index < -0.39 is 0 Å². The number of ether oxygens (including phenoxy) is 2. The van der Waals surface area contributed by atoms with E-state index in [4.69, 9.17) is 32.7 Å². The molecular formula is C13H12Cl2O3. The van der Waals surface area contributed by atoms with Gasteiger partial charge < -0.3 is 9.47 Å². The van der Waals surface area contributed by atoms with Gasteiger partial charge in [0.05, 0.1) is 17.2 Å². The fraction of sp³-hybridized carbons (Fsp3) is 0.308. The molecule has 0 aromatic heterocycles. The van der Waals surface area contributed by atoms with Gasteiger partial charge in [0.1, 0.15) is 11.5 Å². The third-order valence-corrected chi connectivity index (χ3v) is 3.15. The summed E-state index contributed by atoms with van der Waals surface area (Å²) in [6, 6.07) is 3.36. The number of halogens is 2. The Bertz CT molecular complexity index is 535. The zero-order valence-corrected chi connectivity index (χ0v) is 11.6. The lowest BCUT2D eigenvalue weighted by Gasteiger charge is -2.21. The van der Waals surface area contributed by atoms with Crippen molar-refractivity contribution in [2.75, 3.05) is 6.61 Å². The van der Waals surface area contributed by atoms with Crippen LogP contribution in [-0.4, -0.2) is 12.6 Å². The van der Waals surface area contributed by atoms with Crippen LogP contribution in [0.25, 0.3) is 0 Å². The van der Waals surface area contributed by atoms with Crippen LogP contribution in [0.3, 0.4) is 0 Å². The van der Waals surface area contributed by atoms with Crippen LogP contribution in [0.1, 0.15) is 19.4 Å². The number of rotatable bonds is 2. The summed E-state index contributed by atoms with van der Waals surface area (Å²) in [6.45, 7) is 3.82. The molecule has 0 radical (unpaired) electrons. The average Bonchev–Trinajstić information content (AvgIpc) is 2.29. The van der Waals surface area contributed by atoms with Crippen molar-refractivity contribution in [3.8, 4) is 5.75 Å². The summed E-state index contributed by atoms with van der Waals surface area (Å²) in [4.78, 5) is 11.8. The molecule has 18 heavy (non-hydrogen) atoms. The molecule has 0 saturated heterocycles. The van der Waals surface area contributed by atoms with Crippen LogP contribution in [-0.2, 0) is 16.0 Å². The summed E-state index contributed by atoms with van der Waals surface area (Å²) >= 11 is 12.0. The molecule has 96 valence electrons. The molecule has 2 rings (SSSR count). The number of hydrogen-bond acceptors (Lipinski definition) is 3. The molecule has 1 heterocycles. The monoisotopic (exact) mass is 286 g/mol. The van der Waals surface area contributed by atoms with Crippen LogP contribution >= 0.6 is 23.2 Å². The van der Waals surface area contributed by atoms with E-state index in [0.717, 1.165) is 5.56 Å². The quantitative estimate of drug-likeness (QED) is 0.777. The molecule has 0 atom stereocenters. The highest BCUT2D eigenvalue weighted by atomic mass is 35.5. The van der Waals surface area contributed by atoms with E-state index in [0.29, 0.717) is 40.2 Å². The molecule has 1 aliphatic heterocycles. The van der Waals surface area contributed by atoms with E-state index in [9.17, 15) is 4.79 Å². The first kappa shape index (κ1) is 13.2. The average molecular weight is 287 g/mol. The standard InChI is InChI=1S/C13H12Cl2O3/c1-3-17-13(16)10-5-8-4-9(14)6-11(15)12(8)18-7(10)2/h4,6H,3,5H2,1-2H3. The predicted molar refractivity (Wildman–Crippen MR) is 70.1 cm³/mol. The van der Waals surface area contributed by atoms with Crippen LogP contribution in [0.2, 0.25) is 10.0 Å². The van der Waals surface area contributed by atoms with Gasteiger partial charge in [-0.25, -0.2) is 4.79 Å². The Balaban J connectivity index is 2.37. The van der Waals surface area contributed by atoms with Gasteiger partial charge in [0.2, 0.25) is 0 Å². The fourth-order valence-electron chi connectivity index (χ4n) is 1.82. The highest BCUT2D eigenvalue weighted by molar-refractivity contribution is 6.35. The molecule has 1 aromatic carbocycles. The molecule has 0 spiro atoms. The van der Waals surface area contributed by atoms with E-state index in [2.05, 4.69) is 0 Å². The topological polar surface area (TPSA) is 35.5 Å². The minimum absolute atomic E-state index is 0.332. The molecule has 0 bridgehead atoms. The Kier molecular flexibility index (Phi) is 3.83. The lowest BCUT2D eigenvalue weighted by atomic mass is 10.0. The smallest absolute Gasteiger partial charge is 0.337 e. The summed E-state index contributed by atoms with van der Waals surface area (Å²) in [7, 11) is 0. The predicted octanol–water partition coefficient (Wildman–Crippen LogP) is 3.77. The molecule has 0 saturated carbocycles. The normalized spacial score (nSPS) is 14.0. The summed E-state index contributed by atoms with van der Waals surface area (Å²) < 4.78 is 10.6. The number of benzene rings is 1. The fourth-order valence-corrected chi connectivity index (χ4v) is 2.40. The van der Waals surface area contributed by atoms with E-state index >= 15 is 0 Å². The molecule has 0 unspecified atom stereocenters. The van der Waals surface area contributed by atoms with Crippen LogP contribution in [0.15, 0.2) is 23.5 Å². The summed E-state index contributed by atoms with van der Waals surface area (Å²) in [5.74, 6) is 0.716. The van der Waals surface area contributed by atoms with E-state index in [1.807, 2.05) is 0 Å². The van der Waals surface area contributed by atoms with Crippen molar-refractivity contribution in [3.63, 3.8) is 0 Å². The van der Waals surface area contributed by atoms with Gasteiger partial charge in [0.25, 0.3) is 0 Å². The van der Waals surface area contributed by atoms with Crippen LogP contribution < -0.4 is 4.74 Å². The largest absolute Gasteiger partial charge is 0.463 e. The number of fused-ring (bicyclic) bond motifs is 1. The van der Waals surface area contributed by atoms with E-state index in [1.54, 1.807) is 26.0 Å². The minimum atomic E-state index is -0.364. The maximum absolute atomic E-state index is 11.8. The van der Waals surface area contributed by atoms with Crippen molar-refractivity contribution in [3.05, 3.63) is 39.1 Å². The number of allylic oxidation sites excluding steroid dienone is 1. The van der Waals surface area contributed by atoms with Gasteiger partial charge >= 0.3 is 5.97 Å². The van der Waals surface area contributed by atoms with Gasteiger partial charge in [-0.3, -0.25) is 0 Å². The first-order valence-electron chi connectivity index (χ1n) is 5.55. The summed E-state index contributed by atoms with van der Waals surface area (Å²) in [5.41, 5.74) is 1.30. The van der Waals surface area contributed by atoms with Crippen molar-refractivity contribution >= 4 is 29.2 Å². The first-order chi connectivity index (χ1) is 8.52. The van der Waals surface area contributed by atoms with Gasteiger partial charge in [-0.15, -0.1) is 0 Å². The summed E-state index contributed by atoms with van der Waals surface area (Å²) in [5, 5.41) is 0.963. The van der Waals surface area contributed by atoms with Crippen molar-refractivity contribution in [1.29, 1.82) is 0 Å². The van der Waals surface area contributed by atoms with Crippen molar-refractivity contribution in [2.45, 2.75) is 20.3 Å². The molecule has 1 aliphatic rings. The molecule has 0 amide bonds. The van der Waals surface area contributed by atoms with Gasteiger partial charge in [0.15, 0.2) is 0 Å². The Labute approximate surface area is 115 Å². The second kappa shape index (κ2) is 5.21. The lowest BCUT2D eigenvalue weighted by molar-refractivity contribution is -0.138. The SMILES string of the molecule is CCOC(=O)C1=C(C)Oc2c(Cl)cc(Cl)cc2C1. The maximum Gasteiger partial charge on any atom is 0.337 e. The van der Waals surface area contributed by atoms with Crippen LogP contribution in [0.4, 0.5) is 0 Å². The van der Waals surface area contributed by atoms with Crippen molar-refractivity contribution in [1.82, 2.24) is 0 Å². The Morgan fingerprint density at radius 3 is 2.83 bits per heavy atom. The first-order valence-corrected chi connectivity index (χ1v) is 6.31. The molecule has 3 nitrogen and oxygen atoms in total. The summed E-state index contributed by atoms with van der Waals surface area (Å²) in [6.07, 6.45) is 0.417. The molecule has 1 aromatic rings. The van der Waals surface area contributed by atoms with Crippen LogP contribution in [0.5, 0.6) is 5.75 Å². The number of hydrogen-bond donors (Lipinski definition) is 0. The van der Waals surface area contributed by atoms with E-state index in [1.165, 1.54) is 0 Å². The minimum Gasteiger partial charge on any atom is -0.463 e. The molecule has 5 heteroatoms. The van der Waals surface area contributed by atoms with Gasteiger partial charge in [-0.2, -0.15) is 0 Å². The second-order valence-corrected chi connectivity index (χ2v) is 4.75. The maximum atomic E-state index is 11.8. The molecule has 0 aliphatic carbocycles. The number of carbonyl (C=O) groups excluding carboxylic acids is 1. The second-order valence-electron chi connectivity index (χ2n) is 3.91. The third kappa shape index (κ3) is 2.47. The highest BCUT2D eigenvalue weighted by Crippen LogP contribution is 2.38. The van der Waals surface area contributed by atoms with E-state index in [-0.39, 0.29) is 5.97 Å². The van der Waals surface area contributed by atoms with Crippen LogP contribution in [0, 0.1) is 0 Å². The highest BCUT2D eigenvalue weighted by Gasteiger charge is 2.25. The van der Waals surface area contributed by atoms with Gasteiger partial charge in [0, 0.05) is 17.0 Å². The van der Waals surface area contributed by atoms with Gasteiger partial charge in [-0.1, -0.05) is 23.2 Å². The number of esters is 1. The van der Waals surface area contributed by atoms with Crippen molar-refractivity contribution < 1.29 is 14.3 Å². The van der Waals surface area contributed by atoms with Gasteiger partial charge in [-0.05, 0) is 26.0 Å².